The van der Waals surface area contributed by atoms with E-state index in [1.54, 1.807) is 0 Å². The molecule has 0 aliphatic rings. The molecule has 0 aromatic heterocycles. The van der Waals surface area contributed by atoms with E-state index in [0.29, 0.717) is 0 Å². The van der Waals surface area contributed by atoms with Crippen molar-refractivity contribution in [1.29, 1.82) is 0 Å². The third kappa shape index (κ3) is 10.0. The van der Waals surface area contributed by atoms with Gasteiger partial charge in [-0.3, -0.25) is 0 Å². The smallest absolute Gasteiger partial charge is 0.0540 e. The Morgan fingerprint density at radius 1 is 0.857 bits per heavy atom. The molecule has 0 aromatic rings. The minimum absolute atomic E-state index is 0.0958. The molecular formula is C12H26O2. The van der Waals surface area contributed by atoms with Crippen molar-refractivity contribution >= 4 is 0 Å². The van der Waals surface area contributed by atoms with Crippen molar-refractivity contribution in [1.82, 2.24) is 0 Å². The zero-order valence-electron chi connectivity index (χ0n) is 9.71. The molecule has 0 amide bonds. The molecule has 0 fully saturated rings. The lowest BCUT2D eigenvalue weighted by Crippen LogP contribution is -2.06. The Kier molecular flexibility index (Phi) is 9.42. The lowest BCUT2D eigenvalue weighted by Gasteiger charge is -2.09. The molecule has 2 unspecified atom stereocenters. The van der Waals surface area contributed by atoms with Gasteiger partial charge in [0.2, 0.25) is 0 Å². The third-order valence-corrected chi connectivity index (χ3v) is 2.55. The second kappa shape index (κ2) is 9.47. The largest absolute Gasteiger partial charge is 0.393 e. The zero-order valence-corrected chi connectivity index (χ0v) is 9.71. The van der Waals surface area contributed by atoms with E-state index in [1.807, 2.05) is 6.92 Å². The quantitative estimate of drug-likeness (QED) is 0.564. The number of hydrogen-bond acceptors (Lipinski definition) is 2. The Morgan fingerprint density at radius 2 is 1.43 bits per heavy atom. The highest BCUT2D eigenvalue weighted by molar-refractivity contribution is 4.56. The van der Waals surface area contributed by atoms with Gasteiger partial charge in [-0.2, -0.15) is 0 Å². The summed E-state index contributed by atoms with van der Waals surface area (Å²) >= 11 is 0. The summed E-state index contributed by atoms with van der Waals surface area (Å²) in [7, 11) is 0. The van der Waals surface area contributed by atoms with Crippen LogP contribution in [-0.4, -0.2) is 22.4 Å². The van der Waals surface area contributed by atoms with E-state index < -0.39 is 0 Å². The van der Waals surface area contributed by atoms with Crippen molar-refractivity contribution in [3.8, 4) is 0 Å². The first-order valence-electron chi connectivity index (χ1n) is 6.03. The van der Waals surface area contributed by atoms with Gasteiger partial charge in [0.25, 0.3) is 0 Å². The first kappa shape index (κ1) is 13.9. The molecule has 0 radical (unpaired) electrons. The molecule has 0 bridgehead atoms. The van der Waals surface area contributed by atoms with Crippen LogP contribution in [0.4, 0.5) is 0 Å². The van der Waals surface area contributed by atoms with Gasteiger partial charge in [-0.15, -0.1) is 0 Å². The Labute approximate surface area is 88.3 Å². The molecule has 0 aliphatic heterocycles. The van der Waals surface area contributed by atoms with Gasteiger partial charge in [0.05, 0.1) is 12.2 Å². The average Bonchev–Trinajstić information content (AvgIpc) is 2.13. The summed E-state index contributed by atoms with van der Waals surface area (Å²) < 4.78 is 0. The maximum absolute atomic E-state index is 9.54. The fraction of sp³-hybridized carbons (Fsp3) is 1.00. The van der Waals surface area contributed by atoms with Gasteiger partial charge in [0.15, 0.2) is 0 Å². The molecule has 0 saturated heterocycles. The van der Waals surface area contributed by atoms with Crippen molar-refractivity contribution in [2.75, 3.05) is 0 Å². The minimum atomic E-state index is -0.167. The van der Waals surface area contributed by atoms with Crippen LogP contribution in [0.1, 0.15) is 65.2 Å². The molecule has 0 aliphatic carbocycles. The van der Waals surface area contributed by atoms with Crippen LogP contribution in [-0.2, 0) is 0 Å². The van der Waals surface area contributed by atoms with Crippen LogP contribution in [0.2, 0.25) is 0 Å². The number of hydrogen-bond donors (Lipinski definition) is 2. The van der Waals surface area contributed by atoms with Crippen LogP contribution in [0.5, 0.6) is 0 Å². The topological polar surface area (TPSA) is 40.5 Å². The molecule has 2 atom stereocenters. The van der Waals surface area contributed by atoms with Crippen LogP contribution in [0.25, 0.3) is 0 Å². The van der Waals surface area contributed by atoms with Crippen LogP contribution < -0.4 is 0 Å². The van der Waals surface area contributed by atoms with E-state index >= 15 is 0 Å². The maximum Gasteiger partial charge on any atom is 0.0540 e. The predicted octanol–water partition coefficient (Wildman–Crippen LogP) is 2.87. The van der Waals surface area contributed by atoms with Gasteiger partial charge in [-0.25, -0.2) is 0 Å². The summed E-state index contributed by atoms with van der Waals surface area (Å²) in [6.45, 7) is 3.98. The van der Waals surface area contributed by atoms with Gasteiger partial charge >= 0.3 is 0 Å². The van der Waals surface area contributed by atoms with Crippen molar-refractivity contribution < 1.29 is 10.2 Å². The van der Waals surface area contributed by atoms with Crippen LogP contribution in [0.15, 0.2) is 0 Å². The van der Waals surface area contributed by atoms with E-state index in [0.717, 1.165) is 44.9 Å². The van der Waals surface area contributed by atoms with E-state index in [1.165, 1.54) is 6.42 Å². The molecule has 0 rings (SSSR count). The van der Waals surface area contributed by atoms with Gasteiger partial charge in [0.1, 0.15) is 0 Å². The van der Waals surface area contributed by atoms with Gasteiger partial charge in [0, 0.05) is 0 Å². The van der Waals surface area contributed by atoms with Gasteiger partial charge in [-0.05, 0) is 26.2 Å². The molecule has 0 saturated carbocycles. The molecule has 2 N–H and O–H groups in total. The van der Waals surface area contributed by atoms with Crippen LogP contribution >= 0.6 is 0 Å². The molecule has 86 valence electrons. The minimum Gasteiger partial charge on any atom is -0.393 e. The second-order valence-electron chi connectivity index (χ2n) is 4.28. The molecule has 0 spiro atoms. The summed E-state index contributed by atoms with van der Waals surface area (Å²) in [5, 5.41) is 18.6. The summed E-state index contributed by atoms with van der Waals surface area (Å²) in [5.41, 5.74) is 0. The highest BCUT2D eigenvalue weighted by Crippen LogP contribution is 2.11. The monoisotopic (exact) mass is 202 g/mol. The van der Waals surface area contributed by atoms with E-state index in [4.69, 9.17) is 5.11 Å². The maximum atomic E-state index is 9.54. The average molecular weight is 202 g/mol. The normalized spacial score (nSPS) is 15.4. The third-order valence-electron chi connectivity index (χ3n) is 2.55. The lowest BCUT2D eigenvalue weighted by atomic mass is 10.0. The summed E-state index contributed by atoms with van der Waals surface area (Å²) in [5.74, 6) is 0. The van der Waals surface area contributed by atoms with Gasteiger partial charge in [-0.1, -0.05) is 39.0 Å². The Morgan fingerprint density at radius 3 is 2.00 bits per heavy atom. The van der Waals surface area contributed by atoms with Crippen molar-refractivity contribution in [2.24, 2.45) is 0 Å². The van der Waals surface area contributed by atoms with Crippen molar-refractivity contribution in [3.63, 3.8) is 0 Å². The SMILES string of the molecule is CCCCC(O)CCCCCC(C)O. The highest BCUT2D eigenvalue weighted by Gasteiger charge is 2.03. The number of unbranched alkanes of at least 4 members (excludes halogenated alkanes) is 3. The van der Waals surface area contributed by atoms with Crippen LogP contribution in [0.3, 0.4) is 0 Å². The Hall–Kier alpha value is -0.0800. The number of aliphatic hydroxyl groups is 2. The molecular weight excluding hydrogens is 176 g/mol. The van der Waals surface area contributed by atoms with E-state index in [-0.39, 0.29) is 12.2 Å². The molecule has 2 nitrogen and oxygen atoms in total. The number of rotatable bonds is 9. The first-order valence-corrected chi connectivity index (χ1v) is 6.03. The van der Waals surface area contributed by atoms with Crippen molar-refractivity contribution in [3.05, 3.63) is 0 Å². The van der Waals surface area contributed by atoms with E-state index in [9.17, 15) is 5.11 Å². The van der Waals surface area contributed by atoms with E-state index in [2.05, 4.69) is 6.92 Å². The van der Waals surface area contributed by atoms with Gasteiger partial charge < -0.3 is 10.2 Å². The Balaban J connectivity index is 3.10. The second-order valence-corrected chi connectivity index (χ2v) is 4.28. The fourth-order valence-electron chi connectivity index (χ4n) is 1.58. The molecule has 2 heteroatoms. The lowest BCUT2D eigenvalue weighted by molar-refractivity contribution is 0.146. The number of aliphatic hydroxyl groups excluding tert-OH is 2. The van der Waals surface area contributed by atoms with Crippen LogP contribution in [0, 0.1) is 0 Å². The van der Waals surface area contributed by atoms with Crippen molar-refractivity contribution in [2.45, 2.75) is 77.4 Å². The molecule has 0 aromatic carbocycles. The highest BCUT2D eigenvalue weighted by atomic mass is 16.3. The summed E-state index contributed by atoms with van der Waals surface area (Å²) in [6.07, 6.45) is 8.12. The summed E-state index contributed by atoms with van der Waals surface area (Å²) in [6, 6.07) is 0. The predicted molar refractivity (Wildman–Crippen MR) is 60.3 cm³/mol. The molecule has 0 heterocycles. The molecule has 14 heavy (non-hydrogen) atoms. The standard InChI is InChI=1S/C12H26O2/c1-3-4-9-12(14)10-7-5-6-8-11(2)13/h11-14H,3-10H2,1-2H3. The zero-order chi connectivity index (χ0) is 10.8. The summed E-state index contributed by atoms with van der Waals surface area (Å²) in [4.78, 5) is 0. The Bertz CT molecular complexity index is 113. The fourth-order valence-corrected chi connectivity index (χ4v) is 1.58. The first-order chi connectivity index (χ1) is 6.66.